The summed E-state index contributed by atoms with van der Waals surface area (Å²) in [6.07, 6.45) is 0. The van der Waals surface area contributed by atoms with Crippen molar-refractivity contribution in [1.29, 1.82) is 0 Å². The zero-order valence-electron chi connectivity index (χ0n) is 12.0. The van der Waals surface area contributed by atoms with E-state index in [1.165, 1.54) is 6.07 Å². The molecule has 0 aliphatic rings. The molecular formula is C14H17N5O3. The molecule has 0 saturated heterocycles. The van der Waals surface area contributed by atoms with Gasteiger partial charge in [-0.3, -0.25) is 9.79 Å². The van der Waals surface area contributed by atoms with Gasteiger partial charge in [0.25, 0.3) is 5.91 Å². The highest BCUT2D eigenvalue weighted by atomic mass is 16.4. The topological polar surface area (TPSA) is 133 Å². The number of carbonyl (C=O) groups excluding carboxylic acids is 1. The van der Waals surface area contributed by atoms with Crippen LogP contribution in [0, 0.1) is 0 Å². The van der Waals surface area contributed by atoms with Crippen molar-refractivity contribution in [3.05, 3.63) is 35.5 Å². The zero-order chi connectivity index (χ0) is 16.1. The highest BCUT2D eigenvalue weighted by Gasteiger charge is 2.10. The van der Waals surface area contributed by atoms with E-state index >= 15 is 0 Å². The van der Waals surface area contributed by atoms with Crippen LogP contribution < -0.4 is 16.4 Å². The van der Waals surface area contributed by atoms with E-state index in [1.807, 2.05) is 0 Å². The minimum absolute atomic E-state index is 0.0890. The first kappa shape index (κ1) is 15.4. The number of H-pyrrole nitrogens is 1. The van der Waals surface area contributed by atoms with Gasteiger partial charge in [-0.15, -0.1) is 0 Å². The minimum Gasteiger partial charge on any atom is -0.477 e. The number of nitrogens with two attached hydrogens (primary N) is 1. The Morgan fingerprint density at radius 2 is 2.00 bits per heavy atom. The first-order valence-electron chi connectivity index (χ1n) is 6.61. The monoisotopic (exact) mass is 303 g/mol. The Bertz CT molecular complexity index is 735. The average Bonchev–Trinajstić information content (AvgIpc) is 2.94. The average molecular weight is 303 g/mol. The molecule has 1 aromatic heterocycles. The highest BCUT2D eigenvalue weighted by Crippen LogP contribution is 2.17. The number of hydrogen-bond acceptors (Lipinski definition) is 3. The molecule has 0 bridgehead atoms. The SMILES string of the molecule is CN=C(N)NCCNC(=O)c1ccc2[nH]c(C(=O)O)cc2c1. The molecule has 0 spiro atoms. The quantitative estimate of drug-likeness (QED) is 0.304. The third kappa shape index (κ3) is 3.54. The second-order valence-electron chi connectivity index (χ2n) is 4.58. The summed E-state index contributed by atoms with van der Waals surface area (Å²) in [4.78, 5) is 29.4. The van der Waals surface area contributed by atoms with Gasteiger partial charge in [-0.2, -0.15) is 0 Å². The van der Waals surface area contributed by atoms with Gasteiger partial charge in [0, 0.05) is 36.6 Å². The van der Waals surface area contributed by atoms with Crippen molar-refractivity contribution in [2.75, 3.05) is 20.1 Å². The number of aromatic carboxylic acids is 1. The largest absolute Gasteiger partial charge is 0.477 e. The summed E-state index contributed by atoms with van der Waals surface area (Å²) < 4.78 is 0. The van der Waals surface area contributed by atoms with Crippen molar-refractivity contribution in [2.24, 2.45) is 10.7 Å². The fourth-order valence-corrected chi connectivity index (χ4v) is 1.94. The van der Waals surface area contributed by atoms with E-state index < -0.39 is 5.97 Å². The lowest BCUT2D eigenvalue weighted by atomic mass is 10.1. The number of carboxylic acid groups (broad SMARTS) is 1. The van der Waals surface area contributed by atoms with Gasteiger partial charge >= 0.3 is 5.97 Å². The minimum atomic E-state index is -1.04. The predicted molar refractivity (Wildman–Crippen MR) is 83.1 cm³/mol. The van der Waals surface area contributed by atoms with E-state index in [1.54, 1.807) is 25.2 Å². The normalized spacial score (nSPS) is 11.4. The first-order valence-corrected chi connectivity index (χ1v) is 6.61. The lowest BCUT2D eigenvalue weighted by molar-refractivity contribution is 0.0691. The van der Waals surface area contributed by atoms with Crippen molar-refractivity contribution in [1.82, 2.24) is 15.6 Å². The molecule has 0 aliphatic heterocycles. The van der Waals surface area contributed by atoms with Crippen LogP contribution in [0.4, 0.5) is 0 Å². The summed E-state index contributed by atoms with van der Waals surface area (Å²) >= 11 is 0. The number of aromatic nitrogens is 1. The number of benzene rings is 1. The molecule has 1 amide bonds. The number of fused-ring (bicyclic) bond motifs is 1. The molecule has 0 radical (unpaired) electrons. The summed E-state index contributed by atoms with van der Waals surface area (Å²) in [6.45, 7) is 0.852. The number of nitrogens with zero attached hydrogens (tertiary/aromatic N) is 1. The van der Waals surface area contributed by atoms with Crippen LogP contribution in [0.2, 0.25) is 0 Å². The van der Waals surface area contributed by atoms with Crippen LogP contribution in [0.1, 0.15) is 20.8 Å². The number of hydrogen-bond donors (Lipinski definition) is 5. The van der Waals surface area contributed by atoms with Gasteiger partial charge in [-0.05, 0) is 24.3 Å². The van der Waals surface area contributed by atoms with E-state index in [9.17, 15) is 9.59 Å². The summed E-state index contributed by atoms with van der Waals surface area (Å²) in [5, 5.41) is 15.2. The molecule has 1 heterocycles. The van der Waals surface area contributed by atoms with Crippen molar-refractivity contribution in [3.63, 3.8) is 0 Å². The molecule has 0 saturated carbocycles. The third-order valence-electron chi connectivity index (χ3n) is 3.07. The molecule has 1 aromatic carbocycles. The fraction of sp³-hybridized carbons (Fsp3) is 0.214. The van der Waals surface area contributed by atoms with E-state index in [4.69, 9.17) is 10.8 Å². The molecular weight excluding hydrogens is 286 g/mol. The molecule has 2 rings (SSSR count). The van der Waals surface area contributed by atoms with Crippen LogP contribution in [0.25, 0.3) is 10.9 Å². The Morgan fingerprint density at radius 3 is 2.68 bits per heavy atom. The van der Waals surface area contributed by atoms with Crippen molar-refractivity contribution in [2.45, 2.75) is 0 Å². The molecule has 22 heavy (non-hydrogen) atoms. The number of aromatic amines is 1. The molecule has 0 atom stereocenters. The van der Waals surface area contributed by atoms with Crippen molar-refractivity contribution in [3.8, 4) is 0 Å². The maximum atomic E-state index is 12.0. The zero-order valence-corrected chi connectivity index (χ0v) is 12.0. The van der Waals surface area contributed by atoms with Gasteiger partial charge in [-0.25, -0.2) is 4.79 Å². The fourth-order valence-electron chi connectivity index (χ4n) is 1.94. The van der Waals surface area contributed by atoms with Crippen LogP contribution in [-0.2, 0) is 0 Å². The molecule has 6 N–H and O–H groups in total. The Kier molecular flexibility index (Phi) is 4.62. The second-order valence-corrected chi connectivity index (χ2v) is 4.58. The third-order valence-corrected chi connectivity index (χ3v) is 3.07. The van der Waals surface area contributed by atoms with Crippen molar-refractivity contribution >= 4 is 28.7 Å². The lowest BCUT2D eigenvalue weighted by Gasteiger charge is -2.07. The second kappa shape index (κ2) is 6.61. The molecule has 0 fully saturated rings. The van der Waals surface area contributed by atoms with Gasteiger partial charge in [0.2, 0.25) is 0 Å². The summed E-state index contributed by atoms with van der Waals surface area (Å²) in [7, 11) is 1.57. The van der Waals surface area contributed by atoms with E-state index in [-0.39, 0.29) is 11.6 Å². The van der Waals surface area contributed by atoms with Crippen LogP contribution in [0.3, 0.4) is 0 Å². The molecule has 8 nitrogen and oxygen atoms in total. The number of amides is 1. The summed E-state index contributed by atoms with van der Waals surface area (Å²) in [5.74, 6) is -0.971. The lowest BCUT2D eigenvalue weighted by Crippen LogP contribution is -2.38. The maximum Gasteiger partial charge on any atom is 0.352 e. The van der Waals surface area contributed by atoms with Crippen LogP contribution in [0.15, 0.2) is 29.3 Å². The number of rotatable bonds is 5. The van der Waals surface area contributed by atoms with Gasteiger partial charge in [0.05, 0.1) is 0 Å². The first-order chi connectivity index (χ1) is 10.5. The molecule has 8 heteroatoms. The van der Waals surface area contributed by atoms with Crippen LogP contribution in [0.5, 0.6) is 0 Å². The van der Waals surface area contributed by atoms with Crippen LogP contribution in [-0.4, -0.2) is 48.1 Å². The number of aliphatic imine (C=N–C) groups is 1. The predicted octanol–water partition coefficient (Wildman–Crippen LogP) is 0.130. The Hall–Kier alpha value is -3.03. The van der Waals surface area contributed by atoms with Gasteiger partial charge in [0.1, 0.15) is 5.69 Å². The smallest absolute Gasteiger partial charge is 0.352 e. The maximum absolute atomic E-state index is 12.0. The number of guanidine groups is 1. The Labute approximate surface area is 126 Å². The standard InChI is InChI=1S/C14H17N5O3/c1-16-14(15)18-5-4-17-12(20)8-2-3-10-9(6-8)7-11(19-10)13(21)22/h2-3,6-7,19H,4-5H2,1H3,(H,17,20)(H,21,22)(H3,15,16,18). The van der Waals surface area contributed by atoms with Crippen molar-refractivity contribution < 1.29 is 14.7 Å². The molecule has 0 aliphatic carbocycles. The van der Waals surface area contributed by atoms with Gasteiger partial charge in [0.15, 0.2) is 5.96 Å². The van der Waals surface area contributed by atoms with E-state index in [0.29, 0.717) is 35.5 Å². The molecule has 0 unspecified atom stereocenters. The highest BCUT2D eigenvalue weighted by molar-refractivity contribution is 6.00. The summed E-state index contributed by atoms with van der Waals surface area (Å²) in [6, 6.07) is 6.45. The van der Waals surface area contributed by atoms with E-state index in [2.05, 4.69) is 20.6 Å². The van der Waals surface area contributed by atoms with E-state index in [0.717, 1.165) is 0 Å². The van der Waals surface area contributed by atoms with Crippen LogP contribution >= 0.6 is 0 Å². The number of nitrogens with one attached hydrogen (secondary N) is 3. The Morgan fingerprint density at radius 1 is 1.27 bits per heavy atom. The number of carbonyl (C=O) groups is 2. The molecule has 116 valence electrons. The van der Waals surface area contributed by atoms with Gasteiger partial charge < -0.3 is 26.5 Å². The Balaban J connectivity index is 2.00. The number of carboxylic acids is 1. The molecule has 2 aromatic rings. The van der Waals surface area contributed by atoms with Gasteiger partial charge in [-0.1, -0.05) is 0 Å². The summed E-state index contributed by atoms with van der Waals surface area (Å²) in [5.41, 5.74) is 6.68.